The van der Waals surface area contributed by atoms with E-state index < -0.39 is 0 Å². The smallest absolute Gasteiger partial charge is 0.146 e. The van der Waals surface area contributed by atoms with Gasteiger partial charge in [0.1, 0.15) is 5.82 Å². The number of rotatable bonds is 2. The van der Waals surface area contributed by atoms with Crippen LogP contribution in [-0.4, -0.2) is 43.7 Å². The van der Waals surface area contributed by atoms with E-state index in [1.54, 1.807) is 6.07 Å². The van der Waals surface area contributed by atoms with Gasteiger partial charge in [0.15, 0.2) is 0 Å². The summed E-state index contributed by atoms with van der Waals surface area (Å²) in [4.78, 5) is 4.37. The van der Waals surface area contributed by atoms with Crippen molar-refractivity contribution in [2.24, 2.45) is 5.73 Å². The maximum Gasteiger partial charge on any atom is 0.146 e. The topological polar surface area (TPSA) is 32.5 Å². The summed E-state index contributed by atoms with van der Waals surface area (Å²) in [6, 6.07) is 7.53. The summed E-state index contributed by atoms with van der Waals surface area (Å²) in [6.45, 7) is 4.40. The van der Waals surface area contributed by atoms with Crippen LogP contribution in [0.3, 0.4) is 0 Å². The zero-order chi connectivity index (χ0) is 12.4. The summed E-state index contributed by atoms with van der Waals surface area (Å²) in [5.41, 5.74) is 6.47. The zero-order valence-corrected chi connectivity index (χ0v) is 10.4. The van der Waals surface area contributed by atoms with Gasteiger partial charge in [-0.15, -0.1) is 0 Å². The van der Waals surface area contributed by atoms with Crippen LogP contribution in [0.5, 0.6) is 0 Å². The lowest BCUT2D eigenvalue weighted by atomic mass is 10.1. The van der Waals surface area contributed by atoms with Crippen molar-refractivity contribution < 1.29 is 4.39 Å². The van der Waals surface area contributed by atoms with Crippen LogP contribution in [0.25, 0.3) is 0 Å². The largest absolute Gasteiger partial charge is 0.362 e. The number of hydrogen-bond donors (Lipinski definition) is 1. The molecule has 1 aromatic carbocycles. The van der Waals surface area contributed by atoms with Gasteiger partial charge in [-0.3, -0.25) is 4.90 Å². The number of likely N-dealkylation sites (N-methyl/N-ethyl adjacent to an activating group) is 1. The number of anilines is 1. The SMILES string of the molecule is CC1CN(c2ccccc2F)C(CN)CN1C. The Hall–Kier alpha value is -1.13. The van der Waals surface area contributed by atoms with E-state index in [4.69, 9.17) is 5.73 Å². The van der Waals surface area contributed by atoms with E-state index in [2.05, 4.69) is 23.8 Å². The Labute approximate surface area is 102 Å². The van der Waals surface area contributed by atoms with Gasteiger partial charge in [0.2, 0.25) is 0 Å². The van der Waals surface area contributed by atoms with Gasteiger partial charge in [-0.25, -0.2) is 4.39 Å². The lowest BCUT2D eigenvalue weighted by Gasteiger charge is -2.44. The molecule has 1 aromatic rings. The minimum absolute atomic E-state index is 0.164. The summed E-state index contributed by atoms with van der Waals surface area (Å²) in [7, 11) is 2.09. The van der Waals surface area contributed by atoms with Crippen LogP contribution >= 0.6 is 0 Å². The van der Waals surface area contributed by atoms with Crippen molar-refractivity contribution in [2.75, 3.05) is 31.6 Å². The predicted molar refractivity (Wildman–Crippen MR) is 68.7 cm³/mol. The molecule has 2 atom stereocenters. The molecule has 2 unspecified atom stereocenters. The highest BCUT2D eigenvalue weighted by atomic mass is 19.1. The number of nitrogens with zero attached hydrogens (tertiary/aromatic N) is 2. The van der Waals surface area contributed by atoms with Gasteiger partial charge in [-0.2, -0.15) is 0 Å². The van der Waals surface area contributed by atoms with Crippen molar-refractivity contribution in [3.63, 3.8) is 0 Å². The fraction of sp³-hybridized carbons (Fsp3) is 0.538. The molecule has 0 radical (unpaired) electrons. The van der Waals surface area contributed by atoms with E-state index >= 15 is 0 Å². The molecule has 0 aromatic heterocycles. The molecule has 4 heteroatoms. The van der Waals surface area contributed by atoms with Crippen molar-refractivity contribution in [3.05, 3.63) is 30.1 Å². The molecule has 2 N–H and O–H groups in total. The Bertz CT molecular complexity index is 383. The number of hydrogen-bond acceptors (Lipinski definition) is 3. The molecular weight excluding hydrogens is 217 g/mol. The number of halogens is 1. The van der Waals surface area contributed by atoms with Crippen molar-refractivity contribution in [1.82, 2.24) is 4.90 Å². The quantitative estimate of drug-likeness (QED) is 0.841. The van der Waals surface area contributed by atoms with E-state index in [0.29, 0.717) is 18.3 Å². The van der Waals surface area contributed by atoms with Crippen LogP contribution in [-0.2, 0) is 0 Å². The van der Waals surface area contributed by atoms with Crippen molar-refractivity contribution >= 4 is 5.69 Å². The molecule has 1 fully saturated rings. The molecule has 0 aliphatic carbocycles. The average Bonchev–Trinajstić information content (AvgIpc) is 2.33. The number of para-hydroxylation sites is 1. The lowest BCUT2D eigenvalue weighted by molar-refractivity contribution is 0.201. The molecule has 1 heterocycles. The monoisotopic (exact) mass is 237 g/mol. The van der Waals surface area contributed by atoms with Gasteiger partial charge >= 0.3 is 0 Å². The first-order chi connectivity index (χ1) is 8.13. The molecule has 94 valence electrons. The Morgan fingerprint density at radius 2 is 2.06 bits per heavy atom. The first kappa shape index (κ1) is 12.3. The third kappa shape index (κ3) is 2.42. The van der Waals surface area contributed by atoms with Gasteiger partial charge in [0.25, 0.3) is 0 Å². The minimum Gasteiger partial charge on any atom is -0.362 e. The van der Waals surface area contributed by atoms with E-state index in [0.717, 1.165) is 13.1 Å². The molecule has 2 rings (SSSR count). The first-order valence-electron chi connectivity index (χ1n) is 6.05. The normalized spacial score (nSPS) is 26.2. The van der Waals surface area contributed by atoms with Gasteiger partial charge < -0.3 is 10.6 Å². The van der Waals surface area contributed by atoms with Crippen LogP contribution < -0.4 is 10.6 Å². The second kappa shape index (κ2) is 5.02. The van der Waals surface area contributed by atoms with Gasteiger partial charge in [-0.05, 0) is 26.1 Å². The maximum absolute atomic E-state index is 13.8. The summed E-state index contributed by atoms with van der Waals surface area (Å²) in [5, 5.41) is 0. The summed E-state index contributed by atoms with van der Waals surface area (Å²) >= 11 is 0. The third-order valence-electron chi connectivity index (χ3n) is 3.59. The molecule has 0 saturated carbocycles. The summed E-state index contributed by atoms with van der Waals surface area (Å²) < 4.78 is 13.8. The zero-order valence-electron chi connectivity index (χ0n) is 10.4. The molecule has 0 amide bonds. The number of benzene rings is 1. The Morgan fingerprint density at radius 1 is 1.35 bits per heavy atom. The van der Waals surface area contributed by atoms with Crippen LogP contribution in [0, 0.1) is 5.82 Å². The molecule has 1 saturated heterocycles. The van der Waals surface area contributed by atoms with Crippen LogP contribution in [0.2, 0.25) is 0 Å². The van der Waals surface area contributed by atoms with E-state index in [1.165, 1.54) is 6.07 Å². The van der Waals surface area contributed by atoms with E-state index in [1.807, 2.05) is 12.1 Å². The highest BCUT2D eigenvalue weighted by molar-refractivity contribution is 5.49. The second-order valence-electron chi connectivity index (χ2n) is 4.78. The Morgan fingerprint density at radius 3 is 2.71 bits per heavy atom. The summed E-state index contributed by atoms with van der Waals surface area (Å²) in [5.74, 6) is -0.164. The van der Waals surface area contributed by atoms with Gasteiger partial charge in [0.05, 0.1) is 11.7 Å². The van der Waals surface area contributed by atoms with Gasteiger partial charge in [-0.1, -0.05) is 12.1 Å². The van der Waals surface area contributed by atoms with Crippen LogP contribution in [0.1, 0.15) is 6.92 Å². The maximum atomic E-state index is 13.8. The van der Waals surface area contributed by atoms with Gasteiger partial charge in [0, 0.05) is 25.7 Å². The molecule has 1 aliphatic rings. The fourth-order valence-corrected chi connectivity index (χ4v) is 2.37. The Balaban J connectivity index is 2.27. The highest BCUT2D eigenvalue weighted by Gasteiger charge is 2.29. The van der Waals surface area contributed by atoms with Crippen molar-refractivity contribution in [1.29, 1.82) is 0 Å². The molecule has 1 aliphatic heterocycles. The molecule has 3 nitrogen and oxygen atoms in total. The first-order valence-corrected chi connectivity index (χ1v) is 6.05. The fourth-order valence-electron chi connectivity index (χ4n) is 2.37. The third-order valence-corrected chi connectivity index (χ3v) is 3.59. The van der Waals surface area contributed by atoms with Crippen molar-refractivity contribution in [2.45, 2.75) is 19.0 Å². The standard InChI is InChI=1S/C13H20FN3/c1-10-8-17(11(7-15)9-16(10)2)13-6-4-3-5-12(13)14/h3-6,10-11H,7-9,15H2,1-2H3. The van der Waals surface area contributed by atoms with Crippen LogP contribution in [0.4, 0.5) is 10.1 Å². The molecular formula is C13H20FN3. The van der Waals surface area contributed by atoms with Crippen molar-refractivity contribution in [3.8, 4) is 0 Å². The van der Waals surface area contributed by atoms with E-state index in [-0.39, 0.29) is 11.9 Å². The average molecular weight is 237 g/mol. The predicted octanol–water partition coefficient (Wildman–Crippen LogP) is 1.29. The molecule has 0 bridgehead atoms. The lowest BCUT2D eigenvalue weighted by Crippen LogP contribution is -2.58. The highest BCUT2D eigenvalue weighted by Crippen LogP contribution is 2.24. The number of nitrogens with two attached hydrogens (primary N) is 1. The second-order valence-corrected chi connectivity index (χ2v) is 4.78. The Kier molecular flexibility index (Phi) is 3.64. The van der Waals surface area contributed by atoms with Crippen LogP contribution in [0.15, 0.2) is 24.3 Å². The number of piperazine rings is 1. The summed E-state index contributed by atoms with van der Waals surface area (Å²) in [6.07, 6.45) is 0. The van der Waals surface area contributed by atoms with E-state index in [9.17, 15) is 4.39 Å². The molecule has 17 heavy (non-hydrogen) atoms. The minimum atomic E-state index is -0.164. The molecule has 0 spiro atoms.